The molecule has 5 heteroatoms. The average Bonchev–Trinajstić information content (AvgIpc) is 2.49. The Morgan fingerprint density at radius 2 is 1.95 bits per heavy atom. The third-order valence-corrected chi connectivity index (χ3v) is 5.24. The van der Waals surface area contributed by atoms with E-state index in [0.29, 0.717) is 5.75 Å². The van der Waals surface area contributed by atoms with Crippen molar-refractivity contribution in [3.63, 3.8) is 0 Å². The van der Waals surface area contributed by atoms with Gasteiger partial charge < -0.3 is 15.1 Å². The van der Waals surface area contributed by atoms with E-state index in [9.17, 15) is 4.79 Å². The minimum Gasteiger partial charge on any atom is -0.354 e. The highest BCUT2D eigenvalue weighted by molar-refractivity contribution is 7.99. The van der Waals surface area contributed by atoms with Gasteiger partial charge in [0.25, 0.3) is 0 Å². The summed E-state index contributed by atoms with van der Waals surface area (Å²) in [6.45, 7) is 14.1. The maximum absolute atomic E-state index is 11.8. The lowest BCUT2D eigenvalue weighted by Gasteiger charge is -2.30. The van der Waals surface area contributed by atoms with E-state index in [4.69, 9.17) is 0 Å². The lowest BCUT2D eigenvalue weighted by atomic mass is 9.99. The van der Waals surface area contributed by atoms with Crippen LogP contribution in [0, 0.1) is 5.92 Å². The molecule has 0 aliphatic carbocycles. The van der Waals surface area contributed by atoms with E-state index in [1.54, 1.807) is 11.8 Å². The zero-order valence-electron chi connectivity index (χ0n) is 14.1. The Morgan fingerprint density at radius 1 is 1.29 bits per heavy atom. The zero-order chi connectivity index (χ0) is 15.5. The molecule has 0 saturated carbocycles. The molecule has 0 aromatic carbocycles. The summed E-state index contributed by atoms with van der Waals surface area (Å²) in [5, 5.41) is 3.04. The van der Waals surface area contributed by atoms with Gasteiger partial charge in [-0.1, -0.05) is 20.8 Å². The second-order valence-electron chi connectivity index (χ2n) is 5.95. The van der Waals surface area contributed by atoms with Gasteiger partial charge in [-0.2, -0.15) is 11.8 Å². The SMILES string of the molecule is CCN(CC)CCSCC(=O)NCCN1CCC(C)CC1. The maximum Gasteiger partial charge on any atom is 0.230 e. The topological polar surface area (TPSA) is 35.6 Å². The van der Waals surface area contributed by atoms with Gasteiger partial charge in [-0.15, -0.1) is 0 Å². The Balaban J connectivity index is 1.96. The van der Waals surface area contributed by atoms with Crippen molar-refractivity contribution in [1.82, 2.24) is 15.1 Å². The van der Waals surface area contributed by atoms with Crippen LogP contribution in [0.15, 0.2) is 0 Å². The standard InChI is InChI=1S/C16H33N3OS/c1-4-18(5-2)12-13-21-14-16(20)17-8-11-19-9-6-15(3)7-10-19/h15H,4-14H2,1-3H3,(H,17,20). The Kier molecular flexibility index (Phi) is 10.1. The van der Waals surface area contributed by atoms with Crippen molar-refractivity contribution in [2.24, 2.45) is 5.92 Å². The van der Waals surface area contributed by atoms with Crippen molar-refractivity contribution in [2.45, 2.75) is 33.6 Å². The largest absolute Gasteiger partial charge is 0.354 e. The maximum atomic E-state index is 11.8. The predicted molar refractivity (Wildman–Crippen MR) is 93.0 cm³/mol. The summed E-state index contributed by atoms with van der Waals surface area (Å²) in [6, 6.07) is 0. The minimum absolute atomic E-state index is 0.185. The molecule has 1 aliphatic rings. The third kappa shape index (κ3) is 8.69. The molecule has 1 fully saturated rings. The van der Waals surface area contributed by atoms with E-state index in [1.807, 2.05) is 0 Å². The lowest BCUT2D eigenvalue weighted by molar-refractivity contribution is -0.118. The normalized spacial score (nSPS) is 17.3. The van der Waals surface area contributed by atoms with Crippen LogP contribution in [-0.2, 0) is 4.79 Å². The summed E-state index contributed by atoms with van der Waals surface area (Å²) in [6.07, 6.45) is 2.60. The van der Waals surface area contributed by atoms with Crippen LogP contribution >= 0.6 is 11.8 Å². The number of carbonyl (C=O) groups excluding carboxylic acids is 1. The van der Waals surface area contributed by atoms with E-state index in [1.165, 1.54) is 25.9 Å². The van der Waals surface area contributed by atoms with Crippen molar-refractivity contribution in [3.05, 3.63) is 0 Å². The quantitative estimate of drug-likeness (QED) is 0.625. The summed E-state index contributed by atoms with van der Waals surface area (Å²) >= 11 is 1.74. The Bertz CT molecular complexity index is 277. The Hall–Kier alpha value is -0.260. The van der Waals surface area contributed by atoms with Gasteiger partial charge in [0.15, 0.2) is 0 Å². The van der Waals surface area contributed by atoms with Gasteiger partial charge in [0.05, 0.1) is 5.75 Å². The molecule has 21 heavy (non-hydrogen) atoms. The molecule has 0 aromatic rings. The monoisotopic (exact) mass is 315 g/mol. The lowest BCUT2D eigenvalue weighted by Crippen LogP contribution is -2.39. The number of hydrogen-bond donors (Lipinski definition) is 1. The van der Waals surface area contributed by atoms with Gasteiger partial charge in [0, 0.05) is 25.4 Å². The van der Waals surface area contributed by atoms with Gasteiger partial charge in [-0.25, -0.2) is 0 Å². The second-order valence-corrected chi connectivity index (χ2v) is 7.06. The fourth-order valence-electron chi connectivity index (χ4n) is 2.59. The molecular weight excluding hydrogens is 282 g/mol. The molecular formula is C16H33N3OS. The molecule has 0 aromatic heterocycles. The van der Waals surface area contributed by atoms with E-state index in [2.05, 4.69) is 35.9 Å². The number of nitrogens with zero attached hydrogens (tertiary/aromatic N) is 2. The summed E-state index contributed by atoms with van der Waals surface area (Å²) in [4.78, 5) is 16.6. The molecule has 0 radical (unpaired) electrons. The first-order valence-electron chi connectivity index (χ1n) is 8.44. The molecule has 1 rings (SSSR count). The molecule has 1 amide bonds. The van der Waals surface area contributed by atoms with Crippen LogP contribution < -0.4 is 5.32 Å². The van der Waals surface area contributed by atoms with Gasteiger partial charge in [-0.05, 0) is 44.9 Å². The van der Waals surface area contributed by atoms with Crippen LogP contribution in [0.25, 0.3) is 0 Å². The number of piperidine rings is 1. The highest BCUT2D eigenvalue weighted by atomic mass is 32.2. The number of likely N-dealkylation sites (tertiary alicyclic amines) is 1. The van der Waals surface area contributed by atoms with Crippen molar-refractivity contribution in [3.8, 4) is 0 Å². The number of nitrogens with one attached hydrogen (secondary N) is 1. The summed E-state index contributed by atoms with van der Waals surface area (Å²) < 4.78 is 0. The molecule has 0 unspecified atom stereocenters. The second kappa shape index (κ2) is 11.3. The number of hydrogen-bond acceptors (Lipinski definition) is 4. The first-order chi connectivity index (χ1) is 10.2. The minimum atomic E-state index is 0.185. The number of carbonyl (C=O) groups is 1. The van der Waals surface area contributed by atoms with E-state index in [-0.39, 0.29) is 5.91 Å². The van der Waals surface area contributed by atoms with Crippen molar-refractivity contribution < 1.29 is 4.79 Å². The summed E-state index contributed by atoms with van der Waals surface area (Å²) in [5.74, 6) is 2.69. The predicted octanol–water partition coefficient (Wildman–Crippen LogP) is 1.91. The van der Waals surface area contributed by atoms with E-state index in [0.717, 1.165) is 44.4 Å². The molecule has 4 nitrogen and oxygen atoms in total. The van der Waals surface area contributed by atoms with Crippen molar-refractivity contribution >= 4 is 17.7 Å². The van der Waals surface area contributed by atoms with Crippen molar-refractivity contribution in [2.75, 3.05) is 57.3 Å². The smallest absolute Gasteiger partial charge is 0.230 e. The molecule has 1 saturated heterocycles. The molecule has 1 aliphatic heterocycles. The average molecular weight is 316 g/mol. The van der Waals surface area contributed by atoms with Crippen molar-refractivity contribution in [1.29, 1.82) is 0 Å². The van der Waals surface area contributed by atoms with Crippen LogP contribution in [0.4, 0.5) is 0 Å². The molecule has 1 heterocycles. The van der Waals surface area contributed by atoms with E-state index < -0.39 is 0 Å². The fourth-order valence-corrected chi connectivity index (χ4v) is 3.41. The number of amides is 1. The highest BCUT2D eigenvalue weighted by Gasteiger charge is 2.15. The van der Waals surface area contributed by atoms with Crippen LogP contribution in [0.1, 0.15) is 33.6 Å². The fraction of sp³-hybridized carbons (Fsp3) is 0.938. The van der Waals surface area contributed by atoms with Gasteiger partial charge in [-0.3, -0.25) is 4.79 Å². The molecule has 1 N–H and O–H groups in total. The number of thioether (sulfide) groups is 1. The van der Waals surface area contributed by atoms with Crippen LogP contribution in [0.3, 0.4) is 0 Å². The van der Waals surface area contributed by atoms with Crippen LogP contribution in [0.2, 0.25) is 0 Å². The molecule has 0 bridgehead atoms. The van der Waals surface area contributed by atoms with Gasteiger partial charge >= 0.3 is 0 Å². The Morgan fingerprint density at radius 3 is 2.57 bits per heavy atom. The van der Waals surface area contributed by atoms with E-state index >= 15 is 0 Å². The van der Waals surface area contributed by atoms with Crippen LogP contribution in [-0.4, -0.2) is 73.0 Å². The summed E-state index contributed by atoms with van der Waals surface area (Å²) in [5.41, 5.74) is 0. The molecule has 0 atom stereocenters. The first-order valence-corrected chi connectivity index (χ1v) is 9.60. The molecule has 124 valence electrons. The third-order valence-electron chi connectivity index (χ3n) is 4.31. The van der Waals surface area contributed by atoms with Gasteiger partial charge in [0.2, 0.25) is 5.91 Å². The highest BCUT2D eigenvalue weighted by Crippen LogP contribution is 2.15. The van der Waals surface area contributed by atoms with Gasteiger partial charge in [0.1, 0.15) is 0 Å². The molecule has 0 spiro atoms. The first kappa shape index (κ1) is 18.8. The zero-order valence-corrected chi connectivity index (χ0v) is 14.9. The van der Waals surface area contributed by atoms with Crippen LogP contribution in [0.5, 0.6) is 0 Å². The Labute approximate surface area is 135 Å². The summed E-state index contributed by atoms with van der Waals surface area (Å²) in [7, 11) is 0. The number of rotatable bonds is 10.